The minimum Gasteiger partial charge on any atom is -0.462 e. The molecule has 0 fully saturated rings. The molecular formula is C24H32O8. The van der Waals surface area contributed by atoms with Gasteiger partial charge in [-0.15, -0.1) is 6.58 Å². The van der Waals surface area contributed by atoms with E-state index < -0.39 is 23.9 Å². The predicted octanol–water partition coefficient (Wildman–Crippen LogP) is 3.40. The Morgan fingerprint density at radius 1 is 0.719 bits per heavy atom. The zero-order valence-corrected chi connectivity index (χ0v) is 18.8. The number of carbonyl (C=O) groups excluding carboxylic acids is 4. The molecule has 0 aromatic carbocycles. The standard InChI is InChI=1S/C24H32O8/c1-6-20(15-11-13-17-32-24(28)19(5)22(26)30-8-3)14-10-9-12-16-31-23(27)18(4)21(25)29-7-2/h6,9,11-13,20H,1,4-5,7-8,10,14-17H2,2-3H3/b12-9+,13-11+. The number of carbonyl (C=O) groups is 4. The van der Waals surface area contributed by atoms with Crippen LogP contribution in [0.4, 0.5) is 0 Å². The smallest absolute Gasteiger partial charge is 0.345 e. The summed E-state index contributed by atoms with van der Waals surface area (Å²) in [6, 6.07) is 0. The van der Waals surface area contributed by atoms with E-state index in [2.05, 4.69) is 29.2 Å². The molecule has 0 radical (unpaired) electrons. The van der Waals surface area contributed by atoms with Crippen LogP contribution >= 0.6 is 0 Å². The Balaban J connectivity index is 4.12. The van der Waals surface area contributed by atoms with Crippen molar-refractivity contribution in [3.63, 3.8) is 0 Å². The van der Waals surface area contributed by atoms with E-state index in [1.807, 2.05) is 18.2 Å². The normalized spacial score (nSPS) is 11.6. The van der Waals surface area contributed by atoms with Crippen LogP contribution in [-0.2, 0) is 38.1 Å². The summed E-state index contributed by atoms with van der Waals surface area (Å²) >= 11 is 0. The molecule has 8 nitrogen and oxygen atoms in total. The van der Waals surface area contributed by atoms with E-state index in [0.29, 0.717) is 6.42 Å². The molecule has 8 heteroatoms. The van der Waals surface area contributed by atoms with E-state index in [0.717, 1.165) is 12.8 Å². The largest absolute Gasteiger partial charge is 0.462 e. The maximum atomic E-state index is 11.6. The molecule has 0 saturated heterocycles. The van der Waals surface area contributed by atoms with Gasteiger partial charge in [-0.25, -0.2) is 19.2 Å². The van der Waals surface area contributed by atoms with E-state index in [4.69, 9.17) is 9.47 Å². The van der Waals surface area contributed by atoms with Gasteiger partial charge in [0.2, 0.25) is 0 Å². The molecule has 32 heavy (non-hydrogen) atoms. The lowest BCUT2D eigenvalue weighted by Crippen LogP contribution is -2.17. The van der Waals surface area contributed by atoms with Gasteiger partial charge in [0, 0.05) is 0 Å². The molecule has 1 unspecified atom stereocenters. The number of hydrogen-bond acceptors (Lipinski definition) is 8. The van der Waals surface area contributed by atoms with Crippen LogP contribution in [0.2, 0.25) is 0 Å². The first-order valence-corrected chi connectivity index (χ1v) is 10.3. The number of ether oxygens (including phenoxy) is 4. The number of rotatable bonds is 16. The zero-order valence-electron chi connectivity index (χ0n) is 18.8. The lowest BCUT2D eigenvalue weighted by molar-refractivity contribution is -0.148. The van der Waals surface area contributed by atoms with Crippen LogP contribution < -0.4 is 0 Å². The fourth-order valence-corrected chi connectivity index (χ4v) is 2.19. The van der Waals surface area contributed by atoms with E-state index in [1.165, 1.54) is 0 Å². The van der Waals surface area contributed by atoms with Gasteiger partial charge < -0.3 is 18.9 Å². The van der Waals surface area contributed by atoms with Crippen molar-refractivity contribution in [3.8, 4) is 0 Å². The summed E-state index contributed by atoms with van der Waals surface area (Å²) in [5.74, 6) is -3.01. The third-order valence-electron chi connectivity index (χ3n) is 3.97. The highest BCUT2D eigenvalue weighted by molar-refractivity contribution is 6.13. The zero-order chi connectivity index (χ0) is 24.4. The monoisotopic (exact) mass is 448 g/mol. The molecule has 0 heterocycles. The van der Waals surface area contributed by atoms with Crippen molar-refractivity contribution in [2.24, 2.45) is 5.92 Å². The molecule has 176 valence electrons. The minimum atomic E-state index is -0.815. The molecule has 0 N–H and O–H groups in total. The van der Waals surface area contributed by atoms with Gasteiger partial charge in [-0.1, -0.05) is 43.5 Å². The Bertz CT molecular complexity index is 745. The fraction of sp³-hybridized carbons (Fsp3) is 0.417. The Morgan fingerprint density at radius 3 is 1.59 bits per heavy atom. The molecule has 0 amide bonds. The Hall–Kier alpha value is -3.42. The van der Waals surface area contributed by atoms with Gasteiger partial charge in [0.1, 0.15) is 24.4 Å². The summed E-state index contributed by atoms with van der Waals surface area (Å²) in [6.45, 7) is 14.1. The molecule has 0 aliphatic heterocycles. The summed E-state index contributed by atoms with van der Waals surface area (Å²) in [5.41, 5.74) is -0.679. The SMILES string of the molecule is C=CC(C/C=C/COC(=O)C(=C)C(=O)OCC)CC/C=C/COC(=O)C(=C)C(=O)OCC. The molecule has 0 aromatic rings. The Kier molecular flexibility index (Phi) is 15.4. The number of hydrogen-bond donors (Lipinski definition) is 0. The van der Waals surface area contributed by atoms with Gasteiger partial charge in [-0.2, -0.15) is 0 Å². The molecule has 0 aromatic heterocycles. The van der Waals surface area contributed by atoms with Crippen LogP contribution in [0.15, 0.2) is 61.3 Å². The van der Waals surface area contributed by atoms with Crippen molar-refractivity contribution in [2.45, 2.75) is 33.1 Å². The first-order valence-electron chi connectivity index (χ1n) is 10.3. The molecule has 0 aliphatic rings. The summed E-state index contributed by atoms with van der Waals surface area (Å²) in [5, 5.41) is 0. The van der Waals surface area contributed by atoms with Gasteiger partial charge in [-0.05, 0) is 39.0 Å². The van der Waals surface area contributed by atoms with Gasteiger partial charge in [0.05, 0.1) is 13.2 Å². The molecular weight excluding hydrogens is 416 g/mol. The van der Waals surface area contributed by atoms with Gasteiger partial charge in [0.15, 0.2) is 0 Å². The van der Waals surface area contributed by atoms with Crippen molar-refractivity contribution in [1.82, 2.24) is 0 Å². The Labute approximate surface area is 189 Å². The summed E-state index contributed by atoms with van der Waals surface area (Å²) < 4.78 is 19.2. The molecule has 0 rings (SSSR count). The maximum absolute atomic E-state index is 11.6. The number of esters is 4. The van der Waals surface area contributed by atoms with Crippen molar-refractivity contribution in [3.05, 3.63) is 61.3 Å². The lowest BCUT2D eigenvalue weighted by Gasteiger charge is -2.08. The van der Waals surface area contributed by atoms with Gasteiger partial charge in [0.25, 0.3) is 0 Å². The quantitative estimate of drug-likeness (QED) is 0.0883. The second-order valence-corrected chi connectivity index (χ2v) is 6.35. The average molecular weight is 449 g/mol. The summed E-state index contributed by atoms with van der Waals surface area (Å²) in [4.78, 5) is 46.0. The highest BCUT2D eigenvalue weighted by atomic mass is 16.6. The van der Waals surface area contributed by atoms with Gasteiger partial charge in [-0.3, -0.25) is 0 Å². The number of allylic oxidation sites excluding steroid dienone is 3. The van der Waals surface area contributed by atoms with Crippen LogP contribution in [0.1, 0.15) is 33.1 Å². The van der Waals surface area contributed by atoms with Crippen LogP contribution in [-0.4, -0.2) is 50.3 Å². The third kappa shape index (κ3) is 12.3. The minimum absolute atomic E-state index is 0.0173. The van der Waals surface area contributed by atoms with E-state index >= 15 is 0 Å². The molecule has 0 bridgehead atoms. The highest BCUT2D eigenvalue weighted by Crippen LogP contribution is 2.13. The van der Waals surface area contributed by atoms with E-state index in [9.17, 15) is 19.2 Å². The highest BCUT2D eigenvalue weighted by Gasteiger charge is 2.18. The first-order chi connectivity index (χ1) is 15.3. The molecule has 0 saturated carbocycles. The van der Waals surface area contributed by atoms with Crippen molar-refractivity contribution >= 4 is 23.9 Å². The molecule has 1 atom stereocenters. The van der Waals surface area contributed by atoms with Crippen LogP contribution in [0.5, 0.6) is 0 Å². The fourth-order valence-electron chi connectivity index (χ4n) is 2.19. The maximum Gasteiger partial charge on any atom is 0.345 e. The van der Waals surface area contributed by atoms with E-state index in [-0.39, 0.29) is 43.5 Å². The average Bonchev–Trinajstić information content (AvgIpc) is 2.78. The van der Waals surface area contributed by atoms with Crippen LogP contribution in [0.25, 0.3) is 0 Å². The topological polar surface area (TPSA) is 105 Å². The van der Waals surface area contributed by atoms with Gasteiger partial charge >= 0.3 is 23.9 Å². The lowest BCUT2D eigenvalue weighted by atomic mass is 9.99. The summed E-state index contributed by atoms with van der Waals surface area (Å²) in [6.07, 6.45) is 11.2. The second kappa shape index (κ2) is 17.3. The van der Waals surface area contributed by atoms with Crippen molar-refractivity contribution < 1.29 is 38.1 Å². The molecule has 0 spiro atoms. The predicted molar refractivity (Wildman–Crippen MR) is 119 cm³/mol. The van der Waals surface area contributed by atoms with E-state index in [1.54, 1.807) is 26.0 Å². The van der Waals surface area contributed by atoms with Crippen LogP contribution in [0, 0.1) is 5.92 Å². The second-order valence-electron chi connectivity index (χ2n) is 6.35. The first kappa shape index (κ1) is 28.6. The van der Waals surface area contributed by atoms with Crippen LogP contribution in [0.3, 0.4) is 0 Å². The van der Waals surface area contributed by atoms with Crippen molar-refractivity contribution in [1.29, 1.82) is 0 Å². The molecule has 0 aliphatic carbocycles. The third-order valence-corrected chi connectivity index (χ3v) is 3.97. The van der Waals surface area contributed by atoms with Crippen molar-refractivity contribution in [2.75, 3.05) is 26.4 Å². The Morgan fingerprint density at radius 2 is 1.16 bits per heavy atom. The summed E-state index contributed by atoms with van der Waals surface area (Å²) in [7, 11) is 0.